The van der Waals surface area contributed by atoms with Gasteiger partial charge in [-0.1, -0.05) is 6.07 Å². The van der Waals surface area contributed by atoms with Crippen LogP contribution in [0.4, 0.5) is 0 Å². The van der Waals surface area contributed by atoms with Gasteiger partial charge in [-0.15, -0.1) is 11.3 Å². The number of hydrogen-bond acceptors (Lipinski definition) is 5. The maximum atomic E-state index is 5.69. The quantitative estimate of drug-likeness (QED) is 0.468. The number of hydrazine groups is 1. The summed E-state index contributed by atoms with van der Waals surface area (Å²) in [5, 5.41) is 2.10. The molecule has 2 aromatic rings. The van der Waals surface area contributed by atoms with E-state index >= 15 is 0 Å². The van der Waals surface area contributed by atoms with Gasteiger partial charge in [0.15, 0.2) is 11.5 Å². The predicted molar refractivity (Wildman–Crippen MR) is 85.7 cm³/mol. The fraction of sp³-hybridized carbons (Fsp3) is 0.231. The second-order valence-corrected chi connectivity index (χ2v) is 6.70. The number of benzene rings is 1. The number of ether oxygens (including phenoxy) is 2. The molecule has 1 unspecified atom stereocenters. The zero-order valence-electron chi connectivity index (χ0n) is 10.6. The Labute approximate surface area is 130 Å². The summed E-state index contributed by atoms with van der Waals surface area (Å²) in [4.78, 5) is 0. The van der Waals surface area contributed by atoms with E-state index in [1.807, 2.05) is 18.2 Å². The van der Waals surface area contributed by atoms with E-state index in [2.05, 4.69) is 39.5 Å². The lowest BCUT2D eigenvalue weighted by Crippen LogP contribution is -2.28. The lowest BCUT2D eigenvalue weighted by atomic mass is 10.0. The van der Waals surface area contributed by atoms with Crippen molar-refractivity contribution in [3.63, 3.8) is 0 Å². The van der Waals surface area contributed by atoms with Crippen molar-refractivity contribution in [3.05, 3.63) is 43.7 Å². The maximum absolute atomic E-state index is 5.69. The van der Waals surface area contributed by atoms with E-state index in [9.17, 15) is 0 Å². The molecule has 1 aromatic carbocycles. The van der Waals surface area contributed by atoms with Crippen molar-refractivity contribution >= 4 is 33.9 Å². The van der Waals surface area contributed by atoms with Gasteiger partial charge in [-0.3, -0.25) is 5.84 Å². The smallest absolute Gasteiger partial charge is 0.161 e. The molecule has 1 aromatic heterocycles. The first-order valence-electron chi connectivity index (χ1n) is 5.61. The molecular weight excluding hydrogens is 375 g/mol. The molecule has 0 saturated heterocycles. The van der Waals surface area contributed by atoms with Crippen LogP contribution >= 0.6 is 33.9 Å². The monoisotopic (exact) mass is 390 g/mol. The molecule has 4 nitrogen and oxygen atoms in total. The van der Waals surface area contributed by atoms with Crippen LogP contribution in [0.3, 0.4) is 0 Å². The van der Waals surface area contributed by atoms with Gasteiger partial charge >= 0.3 is 0 Å². The first-order valence-corrected chi connectivity index (χ1v) is 7.57. The van der Waals surface area contributed by atoms with E-state index in [4.69, 9.17) is 15.3 Å². The van der Waals surface area contributed by atoms with Crippen LogP contribution in [-0.2, 0) is 0 Å². The fourth-order valence-electron chi connectivity index (χ4n) is 1.89. The number of rotatable bonds is 5. The van der Waals surface area contributed by atoms with Gasteiger partial charge in [0.05, 0.1) is 23.1 Å². The summed E-state index contributed by atoms with van der Waals surface area (Å²) in [5.74, 6) is 7.10. The van der Waals surface area contributed by atoms with Crippen molar-refractivity contribution in [2.45, 2.75) is 6.04 Å². The lowest BCUT2D eigenvalue weighted by Gasteiger charge is -2.17. The van der Waals surface area contributed by atoms with Gasteiger partial charge in [0, 0.05) is 0 Å². The maximum Gasteiger partial charge on any atom is 0.161 e. The molecule has 6 heteroatoms. The summed E-state index contributed by atoms with van der Waals surface area (Å²) < 4.78 is 11.8. The van der Waals surface area contributed by atoms with E-state index in [-0.39, 0.29) is 6.04 Å². The number of thiophene rings is 1. The number of nitrogens with one attached hydrogen (secondary N) is 1. The van der Waals surface area contributed by atoms with Crippen molar-refractivity contribution in [1.82, 2.24) is 5.43 Å². The van der Waals surface area contributed by atoms with Gasteiger partial charge < -0.3 is 9.47 Å². The van der Waals surface area contributed by atoms with E-state index < -0.39 is 0 Å². The van der Waals surface area contributed by atoms with Crippen molar-refractivity contribution in [2.24, 2.45) is 5.84 Å². The van der Waals surface area contributed by atoms with Crippen LogP contribution in [-0.4, -0.2) is 14.2 Å². The summed E-state index contributed by atoms with van der Waals surface area (Å²) in [6.07, 6.45) is 0. The van der Waals surface area contributed by atoms with Crippen LogP contribution in [0.15, 0.2) is 29.6 Å². The Hall–Kier alpha value is -0.830. The fourth-order valence-corrected chi connectivity index (χ4v) is 3.29. The zero-order chi connectivity index (χ0) is 13.8. The second kappa shape index (κ2) is 6.56. The number of nitrogens with two attached hydrogens (primary N) is 1. The number of hydrogen-bond donors (Lipinski definition) is 2. The summed E-state index contributed by atoms with van der Waals surface area (Å²) in [5.41, 5.74) is 5.02. The third-order valence-corrected chi connectivity index (χ3v) is 4.64. The summed E-state index contributed by atoms with van der Waals surface area (Å²) in [7, 11) is 3.25. The Kier molecular flexibility index (Phi) is 5.03. The molecule has 1 atom stereocenters. The highest BCUT2D eigenvalue weighted by Gasteiger charge is 2.16. The molecule has 0 radical (unpaired) electrons. The van der Waals surface area contributed by atoms with E-state index in [1.165, 1.54) is 2.88 Å². The average molecular weight is 390 g/mol. The highest BCUT2D eigenvalue weighted by atomic mass is 127. The molecule has 1 heterocycles. The molecule has 0 aliphatic carbocycles. The third kappa shape index (κ3) is 3.19. The van der Waals surface area contributed by atoms with Gasteiger partial charge in [0.25, 0.3) is 0 Å². The molecule has 0 aliphatic rings. The lowest BCUT2D eigenvalue weighted by molar-refractivity contribution is 0.354. The van der Waals surface area contributed by atoms with Crippen LogP contribution in [0, 0.1) is 2.88 Å². The van der Waals surface area contributed by atoms with Crippen LogP contribution < -0.4 is 20.7 Å². The van der Waals surface area contributed by atoms with E-state index in [0.717, 1.165) is 11.1 Å². The first kappa shape index (κ1) is 14.6. The Morgan fingerprint density at radius 3 is 2.42 bits per heavy atom. The van der Waals surface area contributed by atoms with Gasteiger partial charge in [0.2, 0.25) is 0 Å². The molecule has 0 fully saturated rings. The predicted octanol–water partition coefficient (Wildman–Crippen LogP) is 2.92. The molecule has 0 bridgehead atoms. The minimum atomic E-state index is -0.0560. The molecule has 0 saturated carbocycles. The van der Waals surface area contributed by atoms with Gasteiger partial charge in [-0.2, -0.15) is 0 Å². The minimum Gasteiger partial charge on any atom is -0.493 e. The van der Waals surface area contributed by atoms with Gasteiger partial charge in [0.1, 0.15) is 0 Å². The largest absolute Gasteiger partial charge is 0.493 e. The Morgan fingerprint density at radius 1 is 1.16 bits per heavy atom. The van der Waals surface area contributed by atoms with Crippen molar-refractivity contribution in [3.8, 4) is 11.5 Å². The van der Waals surface area contributed by atoms with Crippen LogP contribution in [0.5, 0.6) is 11.5 Å². The number of methoxy groups -OCH3 is 2. The summed E-state index contributed by atoms with van der Waals surface area (Å²) in [6.45, 7) is 0. The Balaban J connectivity index is 2.38. The van der Waals surface area contributed by atoms with Gasteiger partial charge in [-0.25, -0.2) is 5.43 Å². The molecule has 3 N–H and O–H groups in total. The van der Waals surface area contributed by atoms with E-state index in [0.29, 0.717) is 11.5 Å². The third-order valence-electron chi connectivity index (χ3n) is 2.83. The topological polar surface area (TPSA) is 56.5 Å². The van der Waals surface area contributed by atoms with Crippen molar-refractivity contribution < 1.29 is 9.47 Å². The molecule has 0 spiro atoms. The van der Waals surface area contributed by atoms with Crippen LogP contribution in [0.25, 0.3) is 0 Å². The highest BCUT2D eigenvalue weighted by molar-refractivity contribution is 14.1. The SMILES string of the molecule is COc1ccc(C(NN)c2csc(I)c2)cc1OC. The molecule has 2 rings (SSSR count). The van der Waals surface area contributed by atoms with Gasteiger partial charge in [-0.05, 0) is 57.3 Å². The molecule has 19 heavy (non-hydrogen) atoms. The molecule has 0 amide bonds. The zero-order valence-corrected chi connectivity index (χ0v) is 13.6. The van der Waals surface area contributed by atoms with Crippen molar-refractivity contribution in [1.29, 1.82) is 0 Å². The molecule has 0 aliphatic heterocycles. The second-order valence-electron chi connectivity index (χ2n) is 3.90. The Morgan fingerprint density at radius 2 is 1.89 bits per heavy atom. The van der Waals surface area contributed by atoms with Crippen molar-refractivity contribution in [2.75, 3.05) is 14.2 Å². The number of halogens is 1. The summed E-state index contributed by atoms with van der Waals surface area (Å²) in [6, 6.07) is 7.87. The minimum absolute atomic E-state index is 0.0560. The highest BCUT2D eigenvalue weighted by Crippen LogP contribution is 2.33. The first-order chi connectivity index (χ1) is 9.19. The standard InChI is InChI=1S/C13H15IN2O2S/c1-17-10-4-3-8(5-11(10)18-2)13(16-15)9-6-12(14)19-7-9/h3-7,13,16H,15H2,1-2H3. The molecule has 102 valence electrons. The normalized spacial score (nSPS) is 12.2. The van der Waals surface area contributed by atoms with Crippen LogP contribution in [0.1, 0.15) is 17.2 Å². The van der Waals surface area contributed by atoms with Crippen LogP contribution in [0.2, 0.25) is 0 Å². The average Bonchev–Trinajstić information content (AvgIpc) is 2.86. The molecular formula is C13H15IN2O2S. The summed E-state index contributed by atoms with van der Waals surface area (Å²) >= 11 is 4.00. The van der Waals surface area contributed by atoms with E-state index in [1.54, 1.807) is 25.6 Å². The Bertz CT molecular complexity index is 559.